The lowest BCUT2D eigenvalue weighted by molar-refractivity contribution is -0.124. The van der Waals surface area contributed by atoms with Crippen LogP contribution in [0.4, 0.5) is 0 Å². The Morgan fingerprint density at radius 1 is 1.17 bits per heavy atom. The van der Waals surface area contributed by atoms with Crippen LogP contribution >= 0.6 is 0 Å². The van der Waals surface area contributed by atoms with E-state index in [2.05, 4.69) is 26.0 Å². The molecule has 0 radical (unpaired) electrons. The first-order valence-corrected chi connectivity index (χ1v) is 7.13. The second-order valence-electron chi connectivity index (χ2n) is 6.39. The third-order valence-corrected chi connectivity index (χ3v) is 4.30. The summed E-state index contributed by atoms with van der Waals surface area (Å²) in [7, 11) is 0. The highest BCUT2D eigenvalue weighted by Gasteiger charge is 2.29. The molecule has 1 aliphatic rings. The van der Waals surface area contributed by atoms with E-state index in [0.717, 1.165) is 25.7 Å². The standard InChI is InChI=1S/C17H24O/c1-17(2)12-10-15(11-13-17)16(18)9-8-14-6-4-3-5-7-14/h3-7,15H,8-13H2,1-2H3. The fourth-order valence-electron chi connectivity index (χ4n) is 2.84. The fourth-order valence-corrected chi connectivity index (χ4v) is 2.84. The third kappa shape index (κ3) is 3.69. The maximum atomic E-state index is 12.2. The van der Waals surface area contributed by atoms with Crippen LogP contribution in [0.3, 0.4) is 0 Å². The van der Waals surface area contributed by atoms with E-state index in [-0.39, 0.29) is 0 Å². The Morgan fingerprint density at radius 2 is 1.78 bits per heavy atom. The number of ketones is 1. The van der Waals surface area contributed by atoms with Crippen LogP contribution < -0.4 is 0 Å². The van der Waals surface area contributed by atoms with Crippen molar-refractivity contribution in [2.45, 2.75) is 52.4 Å². The minimum absolute atomic E-state index is 0.335. The molecule has 0 N–H and O–H groups in total. The van der Waals surface area contributed by atoms with E-state index in [9.17, 15) is 4.79 Å². The molecule has 1 heteroatoms. The van der Waals surface area contributed by atoms with Crippen LogP contribution in [-0.4, -0.2) is 5.78 Å². The Labute approximate surface area is 111 Å². The zero-order valence-corrected chi connectivity index (χ0v) is 11.6. The van der Waals surface area contributed by atoms with Crippen LogP contribution in [0.25, 0.3) is 0 Å². The number of rotatable bonds is 4. The minimum Gasteiger partial charge on any atom is -0.299 e. The SMILES string of the molecule is CC1(C)CCC(C(=O)CCc2ccccc2)CC1. The number of aryl methyl sites for hydroxylation is 1. The summed E-state index contributed by atoms with van der Waals surface area (Å²) in [6.07, 6.45) is 6.22. The van der Waals surface area contributed by atoms with E-state index in [1.807, 2.05) is 18.2 Å². The van der Waals surface area contributed by atoms with Crippen LogP contribution in [0.2, 0.25) is 0 Å². The van der Waals surface area contributed by atoms with Crippen molar-refractivity contribution < 1.29 is 4.79 Å². The average molecular weight is 244 g/mol. The Bertz CT molecular complexity index is 381. The van der Waals surface area contributed by atoms with Gasteiger partial charge in [0.1, 0.15) is 5.78 Å². The van der Waals surface area contributed by atoms with Crippen molar-refractivity contribution in [3.05, 3.63) is 35.9 Å². The molecule has 18 heavy (non-hydrogen) atoms. The summed E-state index contributed by atoms with van der Waals surface area (Å²) in [4.78, 5) is 12.2. The van der Waals surface area contributed by atoms with Gasteiger partial charge in [-0.2, -0.15) is 0 Å². The molecule has 0 unspecified atom stereocenters. The van der Waals surface area contributed by atoms with E-state index in [1.54, 1.807) is 0 Å². The summed E-state index contributed by atoms with van der Waals surface area (Å²) < 4.78 is 0. The molecule has 1 fully saturated rings. The monoisotopic (exact) mass is 244 g/mol. The van der Waals surface area contributed by atoms with Gasteiger partial charge in [0.25, 0.3) is 0 Å². The molecular weight excluding hydrogens is 220 g/mol. The summed E-state index contributed by atoms with van der Waals surface area (Å²) in [5, 5.41) is 0. The largest absolute Gasteiger partial charge is 0.299 e. The van der Waals surface area contributed by atoms with Gasteiger partial charge in [-0.25, -0.2) is 0 Å². The maximum Gasteiger partial charge on any atom is 0.136 e. The number of hydrogen-bond donors (Lipinski definition) is 0. The van der Waals surface area contributed by atoms with Crippen LogP contribution in [0.15, 0.2) is 30.3 Å². The molecule has 0 atom stereocenters. The molecule has 0 heterocycles. The van der Waals surface area contributed by atoms with Crippen LogP contribution in [0.5, 0.6) is 0 Å². The van der Waals surface area contributed by atoms with E-state index >= 15 is 0 Å². The van der Waals surface area contributed by atoms with E-state index in [1.165, 1.54) is 18.4 Å². The van der Waals surface area contributed by atoms with Crippen LogP contribution in [0, 0.1) is 11.3 Å². The van der Waals surface area contributed by atoms with Crippen molar-refractivity contribution in [3.63, 3.8) is 0 Å². The number of Topliss-reactive ketones (excluding diaryl/α,β-unsaturated/α-hetero) is 1. The van der Waals surface area contributed by atoms with Gasteiger partial charge in [-0.3, -0.25) is 4.79 Å². The first-order chi connectivity index (χ1) is 8.57. The highest BCUT2D eigenvalue weighted by atomic mass is 16.1. The van der Waals surface area contributed by atoms with Gasteiger partial charge >= 0.3 is 0 Å². The fraction of sp³-hybridized carbons (Fsp3) is 0.588. The average Bonchev–Trinajstić information content (AvgIpc) is 2.37. The zero-order chi connectivity index (χ0) is 13.0. The van der Waals surface area contributed by atoms with Crippen molar-refractivity contribution in [2.75, 3.05) is 0 Å². The minimum atomic E-state index is 0.335. The molecule has 98 valence electrons. The van der Waals surface area contributed by atoms with Gasteiger partial charge in [0.05, 0.1) is 0 Å². The smallest absolute Gasteiger partial charge is 0.136 e. The van der Waals surface area contributed by atoms with Gasteiger partial charge in [-0.05, 0) is 43.1 Å². The van der Waals surface area contributed by atoms with Crippen LogP contribution in [0.1, 0.15) is 51.5 Å². The number of carbonyl (C=O) groups excluding carboxylic acids is 1. The summed E-state index contributed by atoms with van der Waals surface area (Å²) >= 11 is 0. The topological polar surface area (TPSA) is 17.1 Å². The maximum absolute atomic E-state index is 12.2. The third-order valence-electron chi connectivity index (χ3n) is 4.30. The number of hydrogen-bond acceptors (Lipinski definition) is 1. The molecular formula is C17H24O. The second kappa shape index (κ2) is 5.69. The predicted molar refractivity (Wildman–Crippen MR) is 75.5 cm³/mol. The lowest BCUT2D eigenvalue weighted by Crippen LogP contribution is -2.26. The molecule has 1 aromatic rings. The van der Waals surface area contributed by atoms with E-state index in [4.69, 9.17) is 0 Å². The molecule has 0 spiro atoms. The van der Waals surface area contributed by atoms with Gasteiger partial charge in [0, 0.05) is 12.3 Å². The Kier molecular flexibility index (Phi) is 4.21. The molecule has 1 aliphatic carbocycles. The Balaban J connectivity index is 1.79. The first-order valence-electron chi connectivity index (χ1n) is 7.13. The molecule has 0 amide bonds. The lowest BCUT2D eigenvalue weighted by atomic mass is 9.71. The molecule has 0 aliphatic heterocycles. The normalized spacial score (nSPS) is 19.7. The quantitative estimate of drug-likeness (QED) is 0.767. The Hall–Kier alpha value is -1.11. The molecule has 0 aromatic heterocycles. The van der Waals surface area contributed by atoms with E-state index in [0.29, 0.717) is 17.1 Å². The van der Waals surface area contributed by atoms with Gasteiger partial charge < -0.3 is 0 Å². The first kappa shape index (κ1) is 13.3. The van der Waals surface area contributed by atoms with Crippen molar-refractivity contribution in [2.24, 2.45) is 11.3 Å². The molecule has 0 bridgehead atoms. The molecule has 1 saturated carbocycles. The zero-order valence-electron chi connectivity index (χ0n) is 11.6. The predicted octanol–water partition coefficient (Wildman–Crippen LogP) is 4.40. The number of carbonyl (C=O) groups is 1. The summed E-state index contributed by atoms with van der Waals surface area (Å²) in [6, 6.07) is 10.3. The molecule has 2 rings (SSSR count). The van der Waals surface area contributed by atoms with Crippen molar-refractivity contribution in [3.8, 4) is 0 Å². The summed E-state index contributed by atoms with van der Waals surface area (Å²) in [5.41, 5.74) is 1.73. The van der Waals surface area contributed by atoms with Gasteiger partial charge in [-0.1, -0.05) is 44.2 Å². The van der Waals surface area contributed by atoms with E-state index < -0.39 is 0 Å². The van der Waals surface area contributed by atoms with Crippen molar-refractivity contribution in [1.29, 1.82) is 0 Å². The highest BCUT2D eigenvalue weighted by molar-refractivity contribution is 5.81. The molecule has 1 aromatic carbocycles. The summed E-state index contributed by atoms with van der Waals surface area (Å²) in [6.45, 7) is 4.63. The number of benzene rings is 1. The van der Waals surface area contributed by atoms with Crippen molar-refractivity contribution >= 4 is 5.78 Å². The van der Waals surface area contributed by atoms with Crippen LogP contribution in [-0.2, 0) is 11.2 Å². The molecule has 0 saturated heterocycles. The molecule has 1 nitrogen and oxygen atoms in total. The lowest BCUT2D eigenvalue weighted by Gasteiger charge is -2.33. The second-order valence-corrected chi connectivity index (χ2v) is 6.39. The summed E-state index contributed by atoms with van der Waals surface area (Å²) in [5.74, 6) is 0.816. The van der Waals surface area contributed by atoms with Gasteiger partial charge in [-0.15, -0.1) is 0 Å². The Morgan fingerprint density at radius 3 is 2.39 bits per heavy atom. The highest BCUT2D eigenvalue weighted by Crippen LogP contribution is 2.38. The van der Waals surface area contributed by atoms with Gasteiger partial charge in [0.2, 0.25) is 0 Å². The van der Waals surface area contributed by atoms with Crippen molar-refractivity contribution in [1.82, 2.24) is 0 Å². The van der Waals surface area contributed by atoms with Gasteiger partial charge in [0.15, 0.2) is 0 Å².